The molecule has 0 amide bonds. The average Bonchev–Trinajstić information content (AvgIpc) is 2.75. The van der Waals surface area contributed by atoms with Crippen LogP contribution < -0.4 is 0 Å². The van der Waals surface area contributed by atoms with Gasteiger partial charge in [-0.1, -0.05) is 28.1 Å². The zero-order valence-electron chi connectivity index (χ0n) is 8.52. The van der Waals surface area contributed by atoms with Crippen molar-refractivity contribution >= 4 is 42.6 Å². The fourth-order valence-corrected chi connectivity index (χ4v) is 2.28. The van der Waals surface area contributed by atoms with Crippen molar-refractivity contribution in [1.82, 2.24) is 10.1 Å². The molecule has 5 heteroatoms. The first-order chi connectivity index (χ1) is 8.22. The highest BCUT2D eigenvalue weighted by Gasteiger charge is 2.07. The van der Waals surface area contributed by atoms with Crippen LogP contribution in [0, 0.1) is 0 Å². The lowest BCUT2D eigenvalue weighted by atomic mass is 10.1. The van der Waals surface area contributed by atoms with Crippen LogP contribution in [0.5, 0.6) is 0 Å². The summed E-state index contributed by atoms with van der Waals surface area (Å²) in [6.45, 7) is 0. The summed E-state index contributed by atoms with van der Waals surface area (Å²) in [6, 6.07) is 12.2. The molecule has 0 N–H and O–H groups in total. The smallest absolute Gasteiger partial charge is 0.258 e. The van der Waals surface area contributed by atoms with Gasteiger partial charge in [-0.3, -0.25) is 0 Å². The van der Waals surface area contributed by atoms with Crippen molar-refractivity contribution < 1.29 is 4.52 Å². The molecule has 0 saturated heterocycles. The van der Waals surface area contributed by atoms with Crippen LogP contribution >= 0.6 is 31.9 Å². The van der Waals surface area contributed by atoms with Gasteiger partial charge in [0.2, 0.25) is 4.73 Å². The van der Waals surface area contributed by atoms with Gasteiger partial charge in [0.25, 0.3) is 5.89 Å². The van der Waals surface area contributed by atoms with Crippen molar-refractivity contribution in [2.24, 2.45) is 0 Å². The first-order valence-electron chi connectivity index (χ1n) is 4.91. The SMILES string of the molecule is Brc1ccc2cc(-c3nc(Br)no3)ccc2c1. The molecule has 0 aliphatic heterocycles. The Morgan fingerprint density at radius 3 is 2.47 bits per heavy atom. The lowest BCUT2D eigenvalue weighted by Gasteiger charge is -2.00. The minimum atomic E-state index is 0.461. The Hall–Kier alpha value is -1.20. The Labute approximate surface area is 114 Å². The number of hydrogen-bond acceptors (Lipinski definition) is 3. The van der Waals surface area contributed by atoms with E-state index >= 15 is 0 Å². The van der Waals surface area contributed by atoms with Gasteiger partial charge in [-0.05, 0) is 56.1 Å². The molecule has 0 atom stereocenters. The highest BCUT2D eigenvalue weighted by Crippen LogP contribution is 2.26. The summed E-state index contributed by atoms with van der Waals surface area (Å²) < 4.78 is 6.64. The number of rotatable bonds is 1. The van der Waals surface area contributed by atoms with Crippen molar-refractivity contribution in [3.63, 3.8) is 0 Å². The van der Waals surface area contributed by atoms with Gasteiger partial charge >= 0.3 is 0 Å². The zero-order valence-corrected chi connectivity index (χ0v) is 11.7. The van der Waals surface area contributed by atoms with Crippen LogP contribution in [0.2, 0.25) is 0 Å². The monoisotopic (exact) mass is 352 g/mol. The maximum absolute atomic E-state index is 5.11. The van der Waals surface area contributed by atoms with Gasteiger partial charge in [-0.2, -0.15) is 4.98 Å². The molecular weight excluding hydrogens is 348 g/mol. The van der Waals surface area contributed by atoms with Crippen molar-refractivity contribution in [1.29, 1.82) is 0 Å². The molecule has 3 nitrogen and oxygen atoms in total. The molecule has 0 spiro atoms. The van der Waals surface area contributed by atoms with E-state index in [1.54, 1.807) is 0 Å². The van der Waals surface area contributed by atoms with Gasteiger partial charge in [0.05, 0.1) is 0 Å². The summed E-state index contributed by atoms with van der Waals surface area (Å²) in [5, 5.41) is 6.02. The van der Waals surface area contributed by atoms with E-state index in [0.29, 0.717) is 10.6 Å². The highest BCUT2D eigenvalue weighted by atomic mass is 79.9. The van der Waals surface area contributed by atoms with Crippen LogP contribution in [0.25, 0.3) is 22.2 Å². The van der Waals surface area contributed by atoms with E-state index < -0.39 is 0 Å². The maximum atomic E-state index is 5.11. The van der Waals surface area contributed by atoms with E-state index in [1.165, 1.54) is 5.39 Å². The number of nitrogens with zero attached hydrogens (tertiary/aromatic N) is 2. The standard InChI is InChI=1S/C12H6Br2N2O/c13-10-4-3-7-5-9(2-1-8(7)6-10)11-15-12(14)16-17-11/h1-6H. The van der Waals surface area contributed by atoms with Gasteiger partial charge in [-0.15, -0.1) is 0 Å². The van der Waals surface area contributed by atoms with Gasteiger partial charge in [-0.25, -0.2) is 0 Å². The van der Waals surface area contributed by atoms with E-state index in [0.717, 1.165) is 15.4 Å². The van der Waals surface area contributed by atoms with Crippen LogP contribution in [0.15, 0.2) is 50.1 Å². The Balaban J connectivity index is 2.16. The lowest BCUT2D eigenvalue weighted by Crippen LogP contribution is -1.79. The zero-order chi connectivity index (χ0) is 11.8. The van der Waals surface area contributed by atoms with E-state index in [2.05, 4.69) is 48.1 Å². The van der Waals surface area contributed by atoms with Gasteiger partial charge < -0.3 is 4.52 Å². The van der Waals surface area contributed by atoms with Crippen molar-refractivity contribution in [2.45, 2.75) is 0 Å². The minimum Gasteiger partial charge on any atom is -0.333 e. The van der Waals surface area contributed by atoms with Crippen LogP contribution in [0.1, 0.15) is 0 Å². The predicted molar refractivity (Wildman–Crippen MR) is 72.6 cm³/mol. The quantitative estimate of drug-likeness (QED) is 0.650. The van der Waals surface area contributed by atoms with Crippen molar-refractivity contribution in [2.75, 3.05) is 0 Å². The molecular formula is C12H6Br2N2O. The molecule has 0 aliphatic carbocycles. The van der Waals surface area contributed by atoms with Gasteiger partial charge in [0.1, 0.15) is 0 Å². The molecule has 0 saturated carbocycles. The largest absolute Gasteiger partial charge is 0.333 e. The number of halogens is 2. The lowest BCUT2D eigenvalue weighted by molar-refractivity contribution is 0.426. The average molecular weight is 354 g/mol. The number of benzene rings is 2. The van der Waals surface area contributed by atoms with Crippen molar-refractivity contribution in [3.8, 4) is 11.5 Å². The Bertz CT molecular complexity index is 694. The predicted octanol–water partition coefficient (Wildman–Crippen LogP) is 4.41. The Kier molecular flexibility index (Phi) is 2.72. The first kappa shape index (κ1) is 10.9. The summed E-state index contributed by atoms with van der Waals surface area (Å²) in [5.74, 6) is 0.515. The third-order valence-corrected chi connectivity index (χ3v) is 3.27. The molecule has 3 aromatic rings. The van der Waals surface area contributed by atoms with E-state index in [4.69, 9.17) is 4.52 Å². The first-order valence-corrected chi connectivity index (χ1v) is 6.50. The van der Waals surface area contributed by atoms with Gasteiger partial charge in [0, 0.05) is 10.0 Å². The number of hydrogen-bond donors (Lipinski definition) is 0. The van der Waals surface area contributed by atoms with Crippen LogP contribution in [0.3, 0.4) is 0 Å². The summed E-state index contributed by atoms with van der Waals surface area (Å²) >= 11 is 6.62. The van der Waals surface area contributed by atoms with Crippen molar-refractivity contribution in [3.05, 3.63) is 45.6 Å². The summed E-state index contributed by atoms with van der Waals surface area (Å²) in [5.41, 5.74) is 0.915. The topological polar surface area (TPSA) is 38.9 Å². The van der Waals surface area contributed by atoms with E-state index in [9.17, 15) is 0 Å². The molecule has 0 bridgehead atoms. The molecule has 2 aromatic carbocycles. The second-order valence-electron chi connectivity index (χ2n) is 3.57. The molecule has 1 heterocycles. The van der Waals surface area contributed by atoms with Crippen LogP contribution in [0.4, 0.5) is 0 Å². The molecule has 0 fully saturated rings. The second-order valence-corrected chi connectivity index (χ2v) is 5.20. The second kappa shape index (κ2) is 4.23. The summed E-state index contributed by atoms with van der Waals surface area (Å²) in [6.07, 6.45) is 0. The van der Waals surface area contributed by atoms with E-state index in [-0.39, 0.29) is 0 Å². The molecule has 0 aliphatic rings. The fourth-order valence-electron chi connectivity index (χ4n) is 1.67. The van der Waals surface area contributed by atoms with Crippen LogP contribution in [-0.4, -0.2) is 10.1 Å². The molecule has 17 heavy (non-hydrogen) atoms. The Morgan fingerprint density at radius 1 is 0.941 bits per heavy atom. The molecule has 84 valence electrons. The van der Waals surface area contributed by atoms with Gasteiger partial charge in [0.15, 0.2) is 0 Å². The molecule has 3 rings (SSSR count). The van der Waals surface area contributed by atoms with E-state index in [1.807, 2.05) is 30.3 Å². The third-order valence-electron chi connectivity index (χ3n) is 2.45. The maximum Gasteiger partial charge on any atom is 0.258 e. The molecule has 0 radical (unpaired) electrons. The number of aromatic nitrogens is 2. The summed E-state index contributed by atoms with van der Waals surface area (Å²) in [7, 11) is 0. The molecule has 1 aromatic heterocycles. The normalized spacial score (nSPS) is 10.9. The van der Waals surface area contributed by atoms with Crippen LogP contribution in [-0.2, 0) is 0 Å². The summed E-state index contributed by atoms with van der Waals surface area (Å²) in [4.78, 5) is 4.13. The minimum absolute atomic E-state index is 0.461. The molecule has 0 unspecified atom stereocenters. The number of fused-ring (bicyclic) bond motifs is 1. The fraction of sp³-hybridized carbons (Fsp3) is 0. The Morgan fingerprint density at radius 2 is 1.71 bits per heavy atom. The third kappa shape index (κ3) is 2.12. The highest BCUT2D eigenvalue weighted by molar-refractivity contribution is 9.10.